The Hall–Kier alpha value is -3.59. The fraction of sp³-hybridized carbons (Fsp3) is 0.217. The summed E-state index contributed by atoms with van der Waals surface area (Å²) in [6, 6.07) is 14.4. The molecule has 2 aromatic carbocycles. The van der Waals surface area contributed by atoms with Crippen LogP contribution in [0.2, 0.25) is 0 Å². The van der Waals surface area contributed by atoms with Crippen LogP contribution in [0, 0.1) is 6.92 Å². The number of aryl methyl sites for hydroxylation is 1. The summed E-state index contributed by atoms with van der Waals surface area (Å²) >= 11 is 1.24. The molecule has 0 aliphatic rings. The van der Waals surface area contributed by atoms with Crippen molar-refractivity contribution in [3.8, 4) is 5.75 Å². The van der Waals surface area contributed by atoms with E-state index in [1.807, 2.05) is 35.8 Å². The second kappa shape index (κ2) is 11.1. The van der Waals surface area contributed by atoms with E-state index in [2.05, 4.69) is 22.1 Å². The molecular weight excluding hydrogens is 428 g/mol. The lowest BCUT2D eigenvalue weighted by Crippen LogP contribution is -2.17. The second-order valence-electron chi connectivity index (χ2n) is 6.77. The third-order valence-electron chi connectivity index (χ3n) is 4.43. The van der Waals surface area contributed by atoms with Gasteiger partial charge in [0.1, 0.15) is 12.4 Å². The number of hydrogen-bond donors (Lipinski definition) is 1. The standard InChI is InChI=1S/C23H24N4O4S/c1-4-13-27-20(14-31-17-11-9-16(2)10-12-17)25-26-23(27)32-15-21(28)24-19-8-6-5-7-18(19)22(29)30-3/h4-12H,1,13-15H2,2-3H3,(H,24,28). The SMILES string of the molecule is C=CCn1c(COc2ccc(C)cc2)nnc1SCC(=O)Nc1ccccc1C(=O)OC. The van der Waals surface area contributed by atoms with Gasteiger partial charge in [0.25, 0.3) is 0 Å². The van der Waals surface area contributed by atoms with E-state index in [1.54, 1.807) is 30.3 Å². The monoisotopic (exact) mass is 452 g/mol. The summed E-state index contributed by atoms with van der Waals surface area (Å²) in [4.78, 5) is 24.4. The summed E-state index contributed by atoms with van der Waals surface area (Å²) in [6.07, 6.45) is 1.73. The van der Waals surface area contributed by atoms with Crippen LogP contribution in [-0.4, -0.2) is 39.5 Å². The first-order valence-electron chi connectivity index (χ1n) is 9.84. The molecule has 0 saturated heterocycles. The number of esters is 1. The Bertz CT molecular complexity index is 1100. The number of nitrogens with zero attached hydrogens (tertiary/aromatic N) is 3. The number of hydrogen-bond acceptors (Lipinski definition) is 7. The molecule has 3 aromatic rings. The van der Waals surface area contributed by atoms with E-state index in [0.717, 1.165) is 11.3 Å². The van der Waals surface area contributed by atoms with Gasteiger partial charge in [0, 0.05) is 6.54 Å². The van der Waals surface area contributed by atoms with Crippen molar-refractivity contribution in [2.75, 3.05) is 18.2 Å². The quantitative estimate of drug-likeness (QED) is 0.283. The lowest BCUT2D eigenvalue weighted by molar-refractivity contribution is -0.113. The Morgan fingerprint density at radius 2 is 1.91 bits per heavy atom. The first kappa shape index (κ1) is 23.1. The van der Waals surface area contributed by atoms with Gasteiger partial charge in [-0.3, -0.25) is 9.36 Å². The van der Waals surface area contributed by atoms with Gasteiger partial charge in [-0.15, -0.1) is 16.8 Å². The topological polar surface area (TPSA) is 95.3 Å². The fourth-order valence-corrected chi connectivity index (χ4v) is 3.59. The fourth-order valence-electron chi connectivity index (χ4n) is 2.82. The number of allylic oxidation sites excluding steroid dienone is 1. The molecule has 9 heteroatoms. The van der Waals surface area contributed by atoms with E-state index in [1.165, 1.54) is 18.9 Å². The highest BCUT2D eigenvalue weighted by molar-refractivity contribution is 7.99. The minimum Gasteiger partial charge on any atom is -0.486 e. The van der Waals surface area contributed by atoms with E-state index >= 15 is 0 Å². The molecule has 0 aliphatic carbocycles. The van der Waals surface area contributed by atoms with Crippen molar-refractivity contribution in [1.82, 2.24) is 14.8 Å². The maximum absolute atomic E-state index is 12.5. The van der Waals surface area contributed by atoms with E-state index in [9.17, 15) is 9.59 Å². The van der Waals surface area contributed by atoms with Crippen LogP contribution in [0.15, 0.2) is 66.3 Å². The van der Waals surface area contributed by atoms with Gasteiger partial charge in [0.05, 0.1) is 24.1 Å². The first-order chi connectivity index (χ1) is 15.5. The number of methoxy groups -OCH3 is 1. The zero-order chi connectivity index (χ0) is 22.9. The Labute approximate surface area is 190 Å². The number of thioether (sulfide) groups is 1. The highest BCUT2D eigenvalue weighted by Gasteiger charge is 2.16. The third-order valence-corrected chi connectivity index (χ3v) is 5.40. The highest BCUT2D eigenvalue weighted by atomic mass is 32.2. The van der Waals surface area contributed by atoms with Crippen LogP contribution >= 0.6 is 11.8 Å². The van der Waals surface area contributed by atoms with Crippen molar-refractivity contribution in [3.05, 3.63) is 78.1 Å². The average molecular weight is 453 g/mol. The van der Waals surface area contributed by atoms with Crippen molar-refractivity contribution in [3.63, 3.8) is 0 Å². The molecule has 0 atom stereocenters. The molecular formula is C23H24N4O4S. The van der Waals surface area contributed by atoms with Crippen LogP contribution in [0.25, 0.3) is 0 Å². The predicted molar refractivity (Wildman–Crippen MR) is 123 cm³/mol. The number of benzene rings is 2. The number of nitrogens with one attached hydrogen (secondary N) is 1. The molecule has 0 spiro atoms. The maximum Gasteiger partial charge on any atom is 0.339 e. The average Bonchev–Trinajstić information content (AvgIpc) is 3.19. The van der Waals surface area contributed by atoms with Crippen molar-refractivity contribution in [1.29, 1.82) is 0 Å². The van der Waals surface area contributed by atoms with Crippen LogP contribution in [0.5, 0.6) is 5.75 Å². The van der Waals surface area contributed by atoms with Crippen molar-refractivity contribution >= 4 is 29.3 Å². The number of carbonyl (C=O) groups is 2. The molecule has 0 bridgehead atoms. The summed E-state index contributed by atoms with van der Waals surface area (Å²) in [5.74, 6) is 0.657. The van der Waals surface area contributed by atoms with Crippen LogP contribution in [0.1, 0.15) is 21.7 Å². The normalized spacial score (nSPS) is 10.4. The van der Waals surface area contributed by atoms with E-state index in [4.69, 9.17) is 9.47 Å². The van der Waals surface area contributed by atoms with Crippen molar-refractivity contribution < 1.29 is 19.1 Å². The molecule has 1 heterocycles. The molecule has 1 amide bonds. The van der Waals surface area contributed by atoms with E-state index in [0.29, 0.717) is 28.8 Å². The molecule has 32 heavy (non-hydrogen) atoms. The van der Waals surface area contributed by atoms with Crippen LogP contribution in [0.4, 0.5) is 5.69 Å². The van der Waals surface area contributed by atoms with Gasteiger partial charge < -0.3 is 14.8 Å². The van der Waals surface area contributed by atoms with Gasteiger partial charge in [-0.25, -0.2) is 4.79 Å². The smallest absolute Gasteiger partial charge is 0.339 e. The Morgan fingerprint density at radius 1 is 1.16 bits per heavy atom. The van der Waals surface area contributed by atoms with Gasteiger partial charge in [-0.2, -0.15) is 0 Å². The van der Waals surface area contributed by atoms with Gasteiger partial charge in [-0.05, 0) is 31.2 Å². The molecule has 0 radical (unpaired) electrons. The van der Waals surface area contributed by atoms with Crippen molar-refractivity contribution in [2.24, 2.45) is 0 Å². The van der Waals surface area contributed by atoms with Gasteiger partial charge >= 0.3 is 5.97 Å². The van der Waals surface area contributed by atoms with Crippen LogP contribution in [0.3, 0.4) is 0 Å². The number of aromatic nitrogens is 3. The summed E-state index contributed by atoms with van der Waals surface area (Å²) in [5, 5.41) is 11.7. The number of anilines is 1. The van der Waals surface area contributed by atoms with Gasteiger partial charge in [0.15, 0.2) is 11.0 Å². The predicted octanol–water partition coefficient (Wildman–Crippen LogP) is 3.87. The summed E-state index contributed by atoms with van der Waals surface area (Å²) in [7, 11) is 1.29. The zero-order valence-corrected chi connectivity index (χ0v) is 18.7. The van der Waals surface area contributed by atoms with Gasteiger partial charge in [-0.1, -0.05) is 47.7 Å². The van der Waals surface area contributed by atoms with Crippen LogP contribution in [-0.2, 0) is 22.7 Å². The van der Waals surface area contributed by atoms with E-state index in [-0.39, 0.29) is 18.3 Å². The number of carbonyl (C=O) groups excluding carboxylic acids is 2. The summed E-state index contributed by atoms with van der Waals surface area (Å²) < 4.78 is 12.4. The highest BCUT2D eigenvalue weighted by Crippen LogP contribution is 2.21. The second-order valence-corrected chi connectivity index (χ2v) is 7.72. The number of para-hydroxylation sites is 1. The molecule has 8 nitrogen and oxygen atoms in total. The largest absolute Gasteiger partial charge is 0.486 e. The van der Waals surface area contributed by atoms with Gasteiger partial charge in [0.2, 0.25) is 5.91 Å². The number of ether oxygens (including phenoxy) is 2. The summed E-state index contributed by atoms with van der Waals surface area (Å²) in [5.41, 5.74) is 1.83. The Morgan fingerprint density at radius 3 is 2.62 bits per heavy atom. The molecule has 3 rings (SSSR count). The van der Waals surface area contributed by atoms with Crippen molar-refractivity contribution in [2.45, 2.75) is 25.2 Å². The molecule has 0 aliphatic heterocycles. The molecule has 1 N–H and O–H groups in total. The first-order valence-corrected chi connectivity index (χ1v) is 10.8. The molecule has 0 unspecified atom stereocenters. The number of amides is 1. The minimum atomic E-state index is -0.516. The zero-order valence-electron chi connectivity index (χ0n) is 17.9. The minimum absolute atomic E-state index is 0.0869. The van der Waals surface area contributed by atoms with E-state index < -0.39 is 5.97 Å². The Balaban J connectivity index is 1.63. The van der Waals surface area contributed by atoms with Crippen LogP contribution < -0.4 is 10.1 Å². The lowest BCUT2D eigenvalue weighted by atomic mass is 10.2. The molecule has 166 valence electrons. The number of rotatable bonds is 10. The molecule has 1 aromatic heterocycles. The molecule has 0 fully saturated rings. The Kier molecular flexibility index (Phi) is 8.04. The lowest BCUT2D eigenvalue weighted by Gasteiger charge is -2.10. The third kappa shape index (κ3) is 5.98. The maximum atomic E-state index is 12.5. The summed E-state index contributed by atoms with van der Waals surface area (Å²) in [6.45, 7) is 6.51. The molecule has 0 saturated carbocycles.